The molecular weight excluding hydrogens is 356 g/mol. The van der Waals surface area contributed by atoms with Crippen molar-refractivity contribution in [3.05, 3.63) is 65.7 Å². The molecule has 0 radical (unpaired) electrons. The summed E-state index contributed by atoms with van der Waals surface area (Å²) >= 11 is 0. The lowest BCUT2D eigenvalue weighted by Gasteiger charge is -2.07. The number of nitrogens with zero attached hydrogens (tertiary/aromatic N) is 3. The highest BCUT2D eigenvalue weighted by Gasteiger charge is 2.15. The average molecular weight is 372 g/mol. The molecule has 1 aliphatic rings. The highest BCUT2D eigenvalue weighted by Crippen LogP contribution is 2.30. The van der Waals surface area contributed by atoms with Crippen molar-refractivity contribution in [1.29, 1.82) is 0 Å². The Morgan fingerprint density at radius 1 is 1.14 bits per heavy atom. The standard InChI is InChI=1S/C21H16N4O3/c1-12-17(11-23-28-12)21(26)24-16-4-2-15-10-22-20(25-18(15)9-16)14-3-5-19-13(8-14)6-7-27-19/h2-5,8-11H,6-7H2,1H3,(H,24,26). The number of aryl methyl sites for hydroxylation is 1. The molecule has 0 atom stereocenters. The van der Waals surface area contributed by atoms with Gasteiger partial charge in [0.15, 0.2) is 5.82 Å². The van der Waals surface area contributed by atoms with Gasteiger partial charge in [0.2, 0.25) is 0 Å². The zero-order chi connectivity index (χ0) is 19.1. The normalized spacial score (nSPS) is 12.6. The second-order valence-electron chi connectivity index (χ2n) is 6.64. The number of aromatic nitrogens is 3. The number of amides is 1. The van der Waals surface area contributed by atoms with Crippen molar-refractivity contribution < 1.29 is 14.1 Å². The Morgan fingerprint density at radius 3 is 2.93 bits per heavy atom. The molecule has 0 bridgehead atoms. The molecule has 0 unspecified atom stereocenters. The summed E-state index contributed by atoms with van der Waals surface area (Å²) in [6.45, 7) is 2.41. The number of nitrogens with one attached hydrogen (secondary N) is 1. The van der Waals surface area contributed by atoms with E-state index in [1.165, 1.54) is 11.8 Å². The van der Waals surface area contributed by atoms with Gasteiger partial charge in [-0.2, -0.15) is 0 Å². The van der Waals surface area contributed by atoms with Gasteiger partial charge >= 0.3 is 0 Å². The van der Waals surface area contributed by atoms with E-state index in [1.807, 2.05) is 30.3 Å². The van der Waals surface area contributed by atoms with Crippen LogP contribution >= 0.6 is 0 Å². The number of carbonyl (C=O) groups is 1. The van der Waals surface area contributed by atoms with Crippen molar-refractivity contribution in [1.82, 2.24) is 15.1 Å². The predicted octanol–water partition coefficient (Wildman–Crippen LogP) is 3.78. The van der Waals surface area contributed by atoms with Crippen LogP contribution in [0, 0.1) is 6.92 Å². The van der Waals surface area contributed by atoms with Gasteiger partial charge in [-0.25, -0.2) is 9.97 Å². The van der Waals surface area contributed by atoms with E-state index in [0.717, 1.165) is 28.6 Å². The number of hydrogen-bond donors (Lipinski definition) is 1. The average Bonchev–Trinajstić information content (AvgIpc) is 3.35. The molecule has 4 aromatic rings. The van der Waals surface area contributed by atoms with Crippen LogP contribution in [0.25, 0.3) is 22.3 Å². The Kier molecular flexibility index (Phi) is 3.79. The molecule has 3 heterocycles. The lowest BCUT2D eigenvalue weighted by Crippen LogP contribution is -2.12. The molecule has 28 heavy (non-hydrogen) atoms. The maximum absolute atomic E-state index is 12.4. The molecule has 2 aromatic heterocycles. The number of hydrogen-bond acceptors (Lipinski definition) is 6. The molecule has 0 fully saturated rings. The van der Waals surface area contributed by atoms with Crippen LogP contribution in [0.1, 0.15) is 21.7 Å². The van der Waals surface area contributed by atoms with E-state index in [2.05, 4.69) is 26.5 Å². The van der Waals surface area contributed by atoms with E-state index in [-0.39, 0.29) is 5.91 Å². The Hall–Kier alpha value is -3.74. The van der Waals surface area contributed by atoms with Crippen molar-refractivity contribution in [2.24, 2.45) is 0 Å². The number of anilines is 1. The first-order valence-electron chi connectivity index (χ1n) is 8.93. The summed E-state index contributed by atoms with van der Waals surface area (Å²) < 4.78 is 10.5. The van der Waals surface area contributed by atoms with Gasteiger partial charge in [-0.05, 0) is 48.9 Å². The minimum absolute atomic E-state index is 0.272. The molecule has 1 N–H and O–H groups in total. The van der Waals surface area contributed by atoms with Crippen LogP contribution in [-0.4, -0.2) is 27.6 Å². The number of benzene rings is 2. The van der Waals surface area contributed by atoms with E-state index < -0.39 is 0 Å². The van der Waals surface area contributed by atoms with Crippen LogP contribution < -0.4 is 10.1 Å². The molecule has 0 saturated carbocycles. The molecule has 0 saturated heterocycles. The second-order valence-corrected chi connectivity index (χ2v) is 6.64. The summed E-state index contributed by atoms with van der Waals surface area (Å²) in [5.74, 6) is 1.77. The maximum atomic E-state index is 12.4. The summed E-state index contributed by atoms with van der Waals surface area (Å²) in [4.78, 5) is 21.5. The fraction of sp³-hybridized carbons (Fsp3) is 0.143. The maximum Gasteiger partial charge on any atom is 0.260 e. The van der Waals surface area contributed by atoms with Gasteiger partial charge in [-0.1, -0.05) is 5.16 Å². The lowest BCUT2D eigenvalue weighted by molar-refractivity contribution is 0.102. The highest BCUT2D eigenvalue weighted by atomic mass is 16.5. The van der Waals surface area contributed by atoms with Gasteiger partial charge < -0.3 is 14.6 Å². The highest BCUT2D eigenvalue weighted by molar-refractivity contribution is 6.05. The molecule has 2 aromatic carbocycles. The molecule has 138 valence electrons. The third-order valence-electron chi connectivity index (χ3n) is 4.78. The Morgan fingerprint density at radius 2 is 2.07 bits per heavy atom. The zero-order valence-corrected chi connectivity index (χ0v) is 15.1. The van der Waals surface area contributed by atoms with Crippen molar-refractivity contribution in [3.8, 4) is 17.1 Å². The fourth-order valence-corrected chi connectivity index (χ4v) is 3.28. The van der Waals surface area contributed by atoms with Crippen LogP contribution in [0.3, 0.4) is 0 Å². The van der Waals surface area contributed by atoms with Gasteiger partial charge in [0.1, 0.15) is 17.1 Å². The number of carbonyl (C=O) groups excluding carboxylic acids is 1. The predicted molar refractivity (Wildman–Crippen MR) is 103 cm³/mol. The minimum atomic E-state index is -0.272. The van der Waals surface area contributed by atoms with Crippen molar-refractivity contribution in [2.45, 2.75) is 13.3 Å². The first kappa shape index (κ1) is 16.4. The molecule has 5 rings (SSSR count). The monoisotopic (exact) mass is 372 g/mol. The molecule has 7 nitrogen and oxygen atoms in total. The Balaban J connectivity index is 1.47. The van der Waals surface area contributed by atoms with Gasteiger partial charge in [-0.3, -0.25) is 4.79 Å². The van der Waals surface area contributed by atoms with Gasteiger partial charge in [-0.15, -0.1) is 0 Å². The quantitative estimate of drug-likeness (QED) is 0.589. The first-order valence-corrected chi connectivity index (χ1v) is 8.93. The van der Waals surface area contributed by atoms with Crippen LogP contribution in [0.4, 0.5) is 5.69 Å². The van der Waals surface area contributed by atoms with Crippen LogP contribution in [0.5, 0.6) is 5.75 Å². The fourth-order valence-electron chi connectivity index (χ4n) is 3.28. The number of fused-ring (bicyclic) bond motifs is 2. The second kappa shape index (κ2) is 6.45. The smallest absolute Gasteiger partial charge is 0.260 e. The molecular formula is C21H16N4O3. The van der Waals surface area contributed by atoms with Crippen molar-refractivity contribution in [3.63, 3.8) is 0 Å². The van der Waals surface area contributed by atoms with Crippen LogP contribution in [0.2, 0.25) is 0 Å². The largest absolute Gasteiger partial charge is 0.493 e. The molecule has 0 aliphatic carbocycles. The van der Waals surface area contributed by atoms with E-state index in [4.69, 9.17) is 9.26 Å². The van der Waals surface area contributed by atoms with E-state index in [9.17, 15) is 4.79 Å². The van der Waals surface area contributed by atoms with Crippen molar-refractivity contribution in [2.75, 3.05) is 11.9 Å². The summed E-state index contributed by atoms with van der Waals surface area (Å²) in [5.41, 5.74) is 3.92. The SMILES string of the molecule is Cc1oncc1C(=O)Nc1ccc2cnc(-c3ccc4c(c3)CCO4)nc2c1. The molecule has 1 amide bonds. The van der Waals surface area contributed by atoms with Gasteiger partial charge in [0.05, 0.1) is 18.3 Å². The van der Waals surface area contributed by atoms with E-state index in [1.54, 1.807) is 13.1 Å². The van der Waals surface area contributed by atoms with E-state index in [0.29, 0.717) is 29.4 Å². The number of rotatable bonds is 3. The third kappa shape index (κ3) is 2.87. The van der Waals surface area contributed by atoms with Gasteiger partial charge in [0.25, 0.3) is 5.91 Å². The Bertz CT molecular complexity index is 1220. The van der Waals surface area contributed by atoms with Crippen molar-refractivity contribution >= 4 is 22.5 Å². The molecule has 0 spiro atoms. The first-order chi connectivity index (χ1) is 13.7. The summed E-state index contributed by atoms with van der Waals surface area (Å²) in [7, 11) is 0. The zero-order valence-electron chi connectivity index (χ0n) is 15.1. The van der Waals surface area contributed by atoms with E-state index >= 15 is 0 Å². The molecule has 1 aliphatic heterocycles. The Labute approximate surface area is 160 Å². The minimum Gasteiger partial charge on any atom is -0.493 e. The van der Waals surface area contributed by atoms with Crippen LogP contribution in [-0.2, 0) is 6.42 Å². The van der Waals surface area contributed by atoms with Gasteiger partial charge in [0, 0.05) is 29.3 Å². The third-order valence-corrected chi connectivity index (χ3v) is 4.78. The summed E-state index contributed by atoms with van der Waals surface area (Å²) in [6.07, 6.45) is 4.09. The molecule has 7 heteroatoms. The lowest BCUT2D eigenvalue weighted by atomic mass is 10.1. The summed E-state index contributed by atoms with van der Waals surface area (Å²) in [5, 5.41) is 7.39. The van der Waals surface area contributed by atoms with Crippen LogP contribution in [0.15, 0.2) is 53.3 Å². The number of ether oxygens (including phenoxy) is 1. The summed E-state index contributed by atoms with van der Waals surface area (Å²) in [6, 6.07) is 11.5. The topological polar surface area (TPSA) is 90.1 Å².